The molecule has 0 aliphatic heterocycles. The SMILES string of the molecule is CC#CCCNC(=O)c1cnoc1C. The first kappa shape index (κ1) is 10.3. The summed E-state index contributed by atoms with van der Waals surface area (Å²) in [5.74, 6) is 5.98. The Morgan fingerprint density at radius 1 is 1.71 bits per heavy atom. The summed E-state index contributed by atoms with van der Waals surface area (Å²) in [7, 11) is 0. The lowest BCUT2D eigenvalue weighted by molar-refractivity contribution is 0.0953. The Bertz CT molecular complexity index is 371. The molecule has 1 N–H and O–H groups in total. The zero-order valence-electron chi connectivity index (χ0n) is 8.26. The quantitative estimate of drug-likeness (QED) is 0.577. The van der Waals surface area contributed by atoms with Gasteiger partial charge in [0.2, 0.25) is 0 Å². The molecule has 0 aromatic carbocycles. The molecule has 0 aliphatic rings. The number of nitrogens with one attached hydrogen (secondary N) is 1. The first-order valence-electron chi connectivity index (χ1n) is 4.34. The molecule has 4 nitrogen and oxygen atoms in total. The van der Waals surface area contributed by atoms with E-state index in [0.717, 1.165) is 0 Å². The van der Waals surface area contributed by atoms with Gasteiger partial charge in [0.25, 0.3) is 5.91 Å². The van der Waals surface area contributed by atoms with Gasteiger partial charge in [-0.2, -0.15) is 0 Å². The molecule has 14 heavy (non-hydrogen) atoms. The summed E-state index contributed by atoms with van der Waals surface area (Å²) in [6.07, 6.45) is 2.07. The maximum absolute atomic E-state index is 11.4. The molecule has 0 saturated carbocycles. The fourth-order valence-electron chi connectivity index (χ4n) is 0.975. The average molecular weight is 192 g/mol. The van der Waals surface area contributed by atoms with E-state index in [0.29, 0.717) is 24.3 Å². The van der Waals surface area contributed by atoms with E-state index in [4.69, 9.17) is 4.52 Å². The maximum Gasteiger partial charge on any atom is 0.256 e. The Morgan fingerprint density at radius 3 is 3.07 bits per heavy atom. The highest BCUT2D eigenvalue weighted by atomic mass is 16.5. The predicted molar refractivity (Wildman–Crippen MR) is 51.6 cm³/mol. The molecule has 1 aromatic heterocycles. The summed E-state index contributed by atoms with van der Waals surface area (Å²) in [6.45, 7) is 4.02. The Labute approximate surface area is 82.7 Å². The van der Waals surface area contributed by atoms with Crippen LogP contribution in [0.4, 0.5) is 0 Å². The van der Waals surface area contributed by atoms with Crippen molar-refractivity contribution < 1.29 is 9.32 Å². The van der Waals surface area contributed by atoms with Gasteiger partial charge in [-0.15, -0.1) is 11.8 Å². The van der Waals surface area contributed by atoms with Crippen LogP contribution in [-0.2, 0) is 0 Å². The summed E-state index contributed by atoms with van der Waals surface area (Å²) in [4.78, 5) is 11.4. The van der Waals surface area contributed by atoms with Crippen LogP contribution in [0.25, 0.3) is 0 Å². The number of aromatic nitrogens is 1. The molecule has 0 unspecified atom stereocenters. The van der Waals surface area contributed by atoms with Crippen LogP contribution in [0.5, 0.6) is 0 Å². The molecular formula is C10H12N2O2. The van der Waals surface area contributed by atoms with Crippen molar-refractivity contribution in [3.8, 4) is 11.8 Å². The molecule has 0 spiro atoms. The van der Waals surface area contributed by atoms with E-state index in [1.54, 1.807) is 13.8 Å². The minimum atomic E-state index is -0.165. The van der Waals surface area contributed by atoms with Gasteiger partial charge in [-0.05, 0) is 13.8 Å². The molecule has 74 valence electrons. The average Bonchev–Trinajstić information content (AvgIpc) is 2.59. The third-order valence-corrected chi connectivity index (χ3v) is 1.71. The van der Waals surface area contributed by atoms with Gasteiger partial charge in [0, 0.05) is 13.0 Å². The van der Waals surface area contributed by atoms with Crippen molar-refractivity contribution in [2.45, 2.75) is 20.3 Å². The van der Waals surface area contributed by atoms with Crippen LogP contribution in [0, 0.1) is 18.8 Å². The molecule has 0 aliphatic carbocycles. The molecule has 1 amide bonds. The summed E-state index contributed by atoms with van der Waals surface area (Å²) >= 11 is 0. The largest absolute Gasteiger partial charge is 0.361 e. The van der Waals surface area contributed by atoms with Gasteiger partial charge in [-0.1, -0.05) is 5.16 Å². The van der Waals surface area contributed by atoms with Crippen molar-refractivity contribution in [1.82, 2.24) is 10.5 Å². The molecule has 0 radical (unpaired) electrons. The lowest BCUT2D eigenvalue weighted by atomic mass is 10.2. The van der Waals surface area contributed by atoms with Crippen molar-refractivity contribution in [2.75, 3.05) is 6.54 Å². The van der Waals surface area contributed by atoms with E-state index in [9.17, 15) is 4.79 Å². The van der Waals surface area contributed by atoms with E-state index in [1.165, 1.54) is 6.20 Å². The second-order valence-corrected chi connectivity index (χ2v) is 2.73. The number of nitrogens with zero attached hydrogens (tertiary/aromatic N) is 1. The van der Waals surface area contributed by atoms with Crippen LogP contribution < -0.4 is 5.32 Å². The third kappa shape index (κ3) is 2.63. The first-order valence-corrected chi connectivity index (χ1v) is 4.34. The van der Waals surface area contributed by atoms with Gasteiger partial charge in [0.1, 0.15) is 11.3 Å². The number of rotatable bonds is 3. The lowest BCUT2D eigenvalue weighted by Crippen LogP contribution is -2.24. The maximum atomic E-state index is 11.4. The second-order valence-electron chi connectivity index (χ2n) is 2.73. The number of aryl methyl sites for hydroxylation is 1. The highest BCUT2D eigenvalue weighted by Crippen LogP contribution is 2.04. The normalized spacial score (nSPS) is 9.00. The topological polar surface area (TPSA) is 55.1 Å². The van der Waals surface area contributed by atoms with Crippen molar-refractivity contribution in [1.29, 1.82) is 0 Å². The number of amides is 1. The summed E-state index contributed by atoms with van der Waals surface area (Å²) in [6, 6.07) is 0. The van der Waals surface area contributed by atoms with Gasteiger partial charge >= 0.3 is 0 Å². The van der Waals surface area contributed by atoms with Crippen LogP contribution in [0.1, 0.15) is 29.5 Å². The van der Waals surface area contributed by atoms with E-state index in [2.05, 4.69) is 22.3 Å². The zero-order valence-corrected chi connectivity index (χ0v) is 8.26. The van der Waals surface area contributed by atoms with Crippen LogP contribution >= 0.6 is 0 Å². The lowest BCUT2D eigenvalue weighted by Gasteiger charge is -1.99. The molecule has 0 bridgehead atoms. The van der Waals surface area contributed by atoms with Crippen LogP contribution in [0.3, 0.4) is 0 Å². The van der Waals surface area contributed by atoms with E-state index in [1.807, 2.05) is 0 Å². The Kier molecular flexibility index (Phi) is 3.74. The number of carbonyl (C=O) groups excluding carboxylic acids is 1. The first-order chi connectivity index (χ1) is 6.75. The highest BCUT2D eigenvalue weighted by Gasteiger charge is 2.11. The second kappa shape index (κ2) is 5.07. The van der Waals surface area contributed by atoms with Crippen LogP contribution in [0.2, 0.25) is 0 Å². The van der Waals surface area contributed by atoms with Gasteiger partial charge in [-0.3, -0.25) is 4.79 Å². The Morgan fingerprint density at radius 2 is 2.50 bits per heavy atom. The smallest absolute Gasteiger partial charge is 0.256 e. The van der Waals surface area contributed by atoms with Gasteiger partial charge in [-0.25, -0.2) is 0 Å². The van der Waals surface area contributed by atoms with Crippen molar-refractivity contribution in [3.63, 3.8) is 0 Å². The zero-order chi connectivity index (χ0) is 10.4. The Hall–Kier alpha value is -1.76. The minimum Gasteiger partial charge on any atom is -0.361 e. The third-order valence-electron chi connectivity index (χ3n) is 1.71. The summed E-state index contributed by atoms with van der Waals surface area (Å²) in [5, 5.41) is 6.24. The fourth-order valence-corrected chi connectivity index (χ4v) is 0.975. The Balaban J connectivity index is 2.42. The van der Waals surface area contributed by atoms with Crippen molar-refractivity contribution in [3.05, 3.63) is 17.5 Å². The highest BCUT2D eigenvalue weighted by molar-refractivity contribution is 5.94. The number of carbonyl (C=O) groups is 1. The van der Waals surface area contributed by atoms with Crippen molar-refractivity contribution >= 4 is 5.91 Å². The van der Waals surface area contributed by atoms with Gasteiger partial charge in [0.05, 0.1) is 6.20 Å². The van der Waals surface area contributed by atoms with E-state index >= 15 is 0 Å². The van der Waals surface area contributed by atoms with E-state index < -0.39 is 0 Å². The molecule has 1 aromatic rings. The standard InChI is InChI=1S/C10H12N2O2/c1-3-4-5-6-11-10(13)9-7-12-14-8(9)2/h7H,5-6H2,1-2H3,(H,11,13). The van der Waals surface area contributed by atoms with Gasteiger partial charge < -0.3 is 9.84 Å². The molecular weight excluding hydrogens is 180 g/mol. The van der Waals surface area contributed by atoms with Crippen molar-refractivity contribution in [2.24, 2.45) is 0 Å². The minimum absolute atomic E-state index is 0.165. The van der Waals surface area contributed by atoms with Crippen LogP contribution in [0.15, 0.2) is 10.7 Å². The molecule has 4 heteroatoms. The molecule has 0 fully saturated rings. The number of hydrogen-bond donors (Lipinski definition) is 1. The molecule has 0 atom stereocenters. The number of hydrogen-bond acceptors (Lipinski definition) is 3. The van der Waals surface area contributed by atoms with E-state index in [-0.39, 0.29) is 5.91 Å². The van der Waals surface area contributed by atoms with Gasteiger partial charge in [0.15, 0.2) is 0 Å². The summed E-state index contributed by atoms with van der Waals surface area (Å²) in [5.41, 5.74) is 0.481. The van der Waals surface area contributed by atoms with Crippen LogP contribution in [-0.4, -0.2) is 17.6 Å². The fraction of sp³-hybridized carbons (Fsp3) is 0.400. The molecule has 1 heterocycles. The molecule has 0 saturated heterocycles. The monoisotopic (exact) mass is 192 g/mol. The summed E-state index contributed by atoms with van der Waals surface area (Å²) < 4.78 is 4.77. The molecule has 1 rings (SSSR count). The predicted octanol–water partition coefficient (Wildman–Crippen LogP) is 1.13.